The number of carboxylic acid groups (broad SMARTS) is 1. The van der Waals surface area contributed by atoms with Gasteiger partial charge in [-0.05, 0) is 70.0 Å². The van der Waals surface area contributed by atoms with Crippen LogP contribution in [0, 0.1) is 18.3 Å². The number of amidine groups is 1. The van der Waals surface area contributed by atoms with Gasteiger partial charge in [0.15, 0.2) is 5.17 Å². The molecule has 1 aliphatic heterocycles. The van der Waals surface area contributed by atoms with Crippen LogP contribution in [0.4, 0.5) is 19.3 Å². The highest BCUT2D eigenvalue weighted by Crippen LogP contribution is 2.66. The van der Waals surface area contributed by atoms with Crippen LogP contribution in [-0.2, 0) is 19.8 Å². The summed E-state index contributed by atoms with van der Waals surface area (Å²) in [5.74, 6) is -3.05. The largest absolute Gasteiger partial charge is 0.480 e. The number of ether oxygens (including phenoxy) is 2. The van der Waals surface area contributed by atoms with E-state index in [0.717, 1.165) is 17.8 Å². The Hall–Kier alpha value is -3.60. The number of aliphatic imine (C=N–C) groups is 1. The minimum Gasteiger partial charge on any atom is -0.480 e. The Balaban J connectivity index is 1.76. The molecular formula is C32H38F2N4O5SSi. The number of pyridine rings is 1. The Bertz CT molecular complexity index is 1580. The lowest BCUT2D eigenvalue weighted by molar-refractivity contribution is -0.137. The van der Waals surface area contributed by atoms with Gasteiger partial charge in [-0.15, -0.1) is 0 Å². The van der Waals surface area contributed by atoms with Crippen molar-refractivity contribution in [1.29, 1.82) is 0 Å². The lowest BCUT2D eigenvalue weighted by Gasteiger charge is -2.37. The zero-order chi connectivity index (χ0) is 33.4. The maximum atomic E-state index is 15.6. The van der Waals surface area contributed by atoms with Crippen LogP contribution in [0.3, 0.4) is 0 Å². The molecule has 1 aliphatic carbocycles. The van der Waals surface area contributed by atoms with Crippen molar-refractivity contribution in [2.45, 2.75) is 75.7 Å². The van der Waals surface area contributed by atoms with Gasteiger partial charge < -0.3 is 14.6 Å². The summed E-state index contributed by atoms with van der Waals surface area (Å²) in [7, 11) is -1.44. The third-order valence-corrected chi connectivity index (χ3v) is 10.8. The fraction of sp³-hybridized carbons (Fsp3) is 0.469. The third-order valence-electron chi connectivity index (χ3n) is 7.56. The van der Waals surface area contributed by atoms with Crippen LogP contribution < -0.4 is 0 Å². The number of thioether (sulfide) groups is 1. The van der Waals surface area contributed by atoms with Crippen molar-refractivity contribution < 1.29 is 33.0 Å². The molecule has 1 amide bonds. The number of rotatable bonds is 9. The van der Waals surface area contributed by atoms with Crippen LogP contribution in [0.1, 0.15) is 50.9 Å². The first kappa shape index (κ1) is 34.3. The van der Waals surface area contributed by atoms with E-state index in [9.17, 15) is 14.7 Å². The van der Waals surface area contributed by atoms with Gasteiger partial charge in [-0.25, -0.2) is 23.3 Å². The van der Waals surface area contributed by atoms with Crippen LogP contribution in [-0.4, -0.2) is 64.0 Å². The summed E-state index contributed by atoms with van der Waals surface area (Å²) in [6.07, 6.45) is 1.86. The maximum absolute atomic E-state index is 15.6. The van der Waals surface area contributed by atoms with Crippen LogP contribution in [0.2, 0.25) is 25.7 Å². The maximum Gasteiger partial charge on any atom is 0.418 e. The van der Waals surface area contributed by atoms with Crippen molar-refractivity contribution in [3.63, 3.8) is 0 Å². The lowest BCUT2D eigenvalue weighted by atomic mass is 9.84. The smallest absolute Gasteiger partial charge is 0.418 e. The second-order valence-electron chi connectivity index (χ2n) is 13.6. The fourth-order valence-electron chi connectivity index (χ4n) is 4.99. The Morgan fingerprint density at radius 1 is 1.27 bits per heavy atom. The van der Waals surface area contributed by atoms with Gasteiger partial charge in [0, 0.05) is 32.4 Å². The predicted octanol–water partition coefficient (Wildman–Crippen LogP) is 7.95. The molecule has 9 nitrogen and oxygen atoms in total. The van der Waals surface area contributed by atoms with Gasteiger partial charge in [0.25, 0.3) is 0 Å². The summed E-state index contributed by atoms with van der Waals surface area (Å²) in [5, 5.41) is 10.4. The summed E-state index contributed by atoms with van der Waals surface area (Å²) in [5.41, 5.74) is -1.64. The molecule has 4 rings (SSSR count). The van der Waals surface area contributed by atoms with Gasteiger partial charge in [-0.3, -0.25) is 14.8 Å². The van der Waals surface area contributed by atoms with E-state index in [-0.39, 0.29) is 35.3 Å². The number of aromatic nitrogens is 1. The number of carbonyl (C=O) groups excluding carboxylic acids is 1. The normalized spacial score (nSPS) is 23.0. The van der Waals surface area contributed by atoms with Gasteiger partial charge >= 0.3 is 12.1 Å². The molecule has 2 heterocycles. The Morgan fingerprint density at radius 3 is 2.56 bits per heavy atom. The summed E-state index contributed by atoms with van der Waals surface area (Å²) in [6, 6.07) is 7.68. The minimum absolute atomic E-state index is 0.00285. The fourth-order valence-corrected chi connectivity index (χ4v) is 7.25. The van der Waals surface area contributed by atoms with Crippen molar-refractivity contribution in [2.75, 3.05) is 13.3 Å². The number of benzene rings is 1. The molecule has 1 fully saturated rings. The highest BCUT2D eigenvalue weighted by molar-refractivity contribution is 8.15. The second kappa shape index (κ2) is 12.7. The number of halogens is 2. The number of hydrogen-bond donors (Lipinski definition) is 1. The molecular weight excluding hydrogens is 619 g/mol. The van der Waals surface area contributed by atoms with E-state index >= 15 is 8.78 Å². The average molecular weight is 657 g/mol. The van der Waals surface area contributed by atoms with Crippen molar-refractivity contribution >= 4 is 54.7 Å². The molecule has 1 aromatic heterocycles. The molecule has 0 saturated heterocycles. The minimum atomic E-state index is -1.44. The zero-order valence-corrected chi connectivity index (χ0v) is 28.3. The van der Waals surface area contributed by atoms with Crippen molar-refractivity contribution in [3.8, 4) is 0 Å². The Kier molecular flexibility index (Phi) is 9.64. The average Bonchev–Trinajstić information content (AvgIpc) is 3.70. The van der Waals surface area contributed by atoms with E-state index < -0.39 is 53.6 Å². The van der Waals surface area contributed by atoms with Crippen LogP contribution in [0.5, 0.6) is 0 Å². The molecule has 0 bridgehead atoms. The molecule has 0 radical (unpaired) electrons. The van der Waals surface area contributed by atoms with Crippen molar-refractivity contribution in [2.24, 2.45) is 10.9 Å². The van der Waals surface area contributed by atoms with E-state index in [1.807, 2.05) is 0 Å². The summed E-state index contributed by atoms with van der Waals surface area (Å²) in [6.45, 7) is 20.6. The SMILES string of the molecule is [C-]#[N+]c1ccc(/C(F)=C/c2ccc(F)c([C@@]3(C)N=C(N(COCC[Si](C)(C)C)C(=O)OC(C)(C)C)S[C@@]4(C(=O)O)C[C@H]43)c2)nc1. The molecule has 2 aliphatic rings. The molecule has 3 atom stereocenters. The molecule has 13 heteroatoms. The van der Waals surface area contributed by atoms with Crippen LogP contribution in [0.15, 0.2) is 41.5 Å². The first-order valence-corrected chi connectivity index (χ1v) is 19.0. The van der Waals surface area contributed by atoms with E-state index in [1.165, 1.54) is 47.5 Å². The van der Waals surface area contributed by atoms with Gasteiger partial charge in [0.05, 0.1) is 17.8 Å². The number of aliphatic carboxylic acids is 1. The van der Waals surface area contributed by atoms with Crippen LogP contribution in [0.25, 0.3) is 16.7 Å². The number of carboxylic acids is 1. The molecule has 0 unspecified atom stereocenters. The van der Waals surface area contributed by atoms with Crippen LogP contribution >= 0.6 is 11.8 Å². The van der Waals surface area contributed by atoms with Crippen molar-refractivity contribution in [1.82, 2.24) is 9.88 Å². The van der Waals surface area contributed by atoms with E-state index in [4.69, 9.17) is 21.0 Å². The van der Waals surface area contributed by atoms with E-state index in [0.29, 0.717) is 12.2 Å². The van der Waals surface area contributed by atoms with Gasteiger partial charge in [-0.1, -0.05) is 43.5 Å². The van der Waals surface area contributed by atoms with Gasteiger partial charge in [0.1, 0.15) is 28.7 Å². The standard InChI is InChI=1S/C32H38F2N4O5SSi/c1-30(2,3)43-29(41)38(19-42-13-14-45(6,7)8)28-37-31(4,26-17-32(26,44-28)27(39)40)22-15-20(9-11-23(22)33)16-24(34)25-12-10-21(35-5)18-36-25/h9-12,15-16,18,26H,13-14,17,19H2,1-4,6-8H3,(H,39,40)/b24-16-/t26-,31+,32-/m0/s1. The monoisotopic (exact) mass is 656 g/mol. The van der Waals surface area contributed by atoms with E-state index in [1.54, 1.807) is 27.7 Å². The highest BCUT2D eigenvalue weighted by atomic mass is 32.2. The molecule has 240 valence electrons. The highest BCUT2D eigenvalue weighted by Gasteiger charge is 2.72. The number of amides is 1. The number of hydrogen-bond acceptors (Lipinski definition) is 7. The molecule has 1 N–H and O–H groups in total. The summed E-state index contributed by atoms with van der Waals surface area (Å²) >= 11 is 0.940. The van der Waals surface area contributed by atoms with E-state index in [2.05, 4.69) is 29.5 Å². The number of fused-ring (bicyclic) bond motifs is 1. The summed E-state index contributed by atoms with van der Waals surface area (Å²) < 4.78 is 40.9. The molecule has 1 saturated carbocycles. The van der Waals surface area contributed by atoms with Gasteiger partial charge in [-0.2, -0.15) is 0 Å². The molecule has 0 spiro atoms. The Labute approximate surface area is 267 Å². The molecule has 45 heavy (non-hydrogen) atoms. The summed E-state index contributed by atoms with van der Waals surface area (Å²) in [4.78, 5) is 39.4. The predicted molar refractivity (Wildman–Crippen MR) is 174 cm³/mol. The van der Waals surface area contributed by atoms with Gasteiger partial charge in [0.2, 0.25) is 5.69 Å². The lowest BCUT2D eigenvalue weighted by Crippen LogP contribution is -2.47. The molecule has 1 aromatic carbocycles. The second-order valence-corrected chi connectivity index (χ2v) is 20.5. The molecule has 2 aromatic rings. The number of nitrogens with zero attached hydrogens (tertiary/aromatic N) is 4. The first-order valence-electron chi connectivity index (χ1n) is 14.5. The number of carbonyl (C=O) groups is 2. The quantitative estimate of drug-likeness (QED) is 0.126. The van der Waals surface area contributed by atoms with Crippen molar-refractivity contribution in [3.05, 3.63) is 70.6 Å². The Morgan fingerprint density at radius 2 is 1.98 bits per heavy atom. The third kappa shape index (κ3) is 7.80. The zero-order valence-electron chi connectivity index (χ0n) is 26.5. The first-order chi connectivity index (χ1) is 20.9. The topological polar surface area (TPSA) is 106 Å².